The van der Waals surface area contributed by atoms with Gasteiger partial charge in [0.05, 0.1) is 6.61 Å². The molecule has 1 aromatic carbocycles. The Morgan fingerprint density at radius 2 is 1.83 bits per heavy atom. The second-order valence-electron chi connectivity index (χ2n) is 14.0. The Labute approximate surface area is 279 Å². The van der Waals surface area contributed by atoms with Crippen LogP contribution >= 0.6 is 0 Å². The van der Waals surface area contributed by atoms with Gasteiger partial charge in [0.2, 0.25) is 15.9 Å². The molecule has 1 aliphatic carbocycles. The number of carbonyl (C=O) groups is 2. The van der Waals surface area contributed by atoms with Gasteiger partial charge in [-0.1, -0.05) is 25.5 Å². The van der Waals surface area contributed by atoms with Crippen LogP contribution in [0.15, 0.2) is 29.2 Å². The van der Waals surface area contributed by atoms with E-state index in [9.17, 15) is 26.8 Å². The molecule has 264 valence electrons. The van der Waals surface area contributed by atoms with Crippen LogP contribution in [0.25, 0.3) is 0 Å². The monoisotopic (exact) mass is 682 g/mol. The molecule has 1 unspecified atom stereocenters. The molecule has 0 aromatic heterocycles. The summed E-state index contributed by atoms with van der Waals surface area (Å²) < 4.78 is 74.7. The Morgan fingerprint density at radius 3 is 2.51 bits per heavy atom. The Kier molecular flexibility index (Phi) is 12.4. The van der Waals surface area contributed by atoms with Gasteiger partial charge in [-0.15, -0.1) is 0 Å². The number of benzene rings is 1. The largest absolute Gasteiger partial charge is 0.485 e. The molecule has 2 aliphatic heterocycles. The summed E-state index contributed by atoms with van der Waals surface area (Å²) in [6.45, 7) is 10.1. The van der Waals surface area contributed by atoms with Crippen LogP contribution in [0.3, 0.4) is 0 Å². The molecular weight excluding hydrogens is 630 g/mol. The van der Waals surface area contributed by atoms with E-state index in [4.69, 9.17) is 14.2 Å². The third kappa shape index (κ3) is 9.68. The number of aryl methyl sites for hydroxylation is 1. The summed E-state index contributed by atoms with van der Waals surface area (Å²) in [5.74, 6) is -2.91. The molecule has 9 nitrogen and oxygen atoms in total. The lowest BCUT2D eigenvalue weighted by Gasteiger charge is -2.37. The normalized spacial score (nSPS) is 21.9. The van der Waals surface area contributed by atoms with E-state index in [0.29, 0.717) is 50.8 Å². The van der Waals surface area contributed by atoms with Crippen LogP contribution in [0, 0.1) is 6.92 Å². The van der Waals surface area contributed by atoms with Gasteiger partial charge in [0.25, 0.3) is 0 Å². The number of sulfonamides is 1. The Morgan fingerprint density at radius 1 is 1.11 bits per heavy atom. The maximum Gasteiger partial charge on any atom is 0.410 e. The van der Waals surface area contributed by atoms with Crippen molar-refractivity contribution in [1.82, 2.24) is 9.21 Å². The second-order valence-corrected chi connectivity index (χ2v) is 15.9. The van der Waals surface area contributed by atoms with Gasteiger partial charge in [0, 0.05) is 37.5 Å². The quantitative estimate of drug-likeness (QED) is 0.129. The number of ether oxygens (including phenoxy) is 3. The SMILES string of the molecule is CCCCOC(=O)[C@@H]1CCCN1S(=O)(=O)c1ccc(C)c2c1OC(CCCCN(C(=O)OC(C)(C)C)C1CCC(F)(F)CC1)C=CC2. The van der Waals surface area contributed by atoms with Gasteiger partial charge in [-0.2, -0.15) is 4.31 Å². The number of carbonyl (C=O) groups excluding carboxylic acids is 2. The summed E-state index contributed by atoms with van der Waals surface area (Å²) in [7, 11) is -4.07. The van der Waals surface area contributed by atoms with Crippen molar-refractivity contribution in [1.29, 1.82) is 0 Å². The molecule has 0 bridgehead atoms. The third-order valence-corrected chi connectivity index (χ3v) is 11.0. The number of rotatable bonds is 12. The zero-order chi connectivity index (χ0) is 34.4. The molecule has 4 rings (SSSR count). The van der Waals surface area contributed by atoms with E-state index in [1.54, 1.807) is 37.8 Å². The van der Waals surface area contributed by atoms with Crippen molar-refractivity contribution in [3.63, 3.8) is 0 Å². The number of hydrogen-bond acceptors (Lipinski definition) is 7. The van der Waals surface area contributed by atoms with Crippen molar-refractivity contribution in [2.75, 3.05) is 19.7 Å². The van der Waals surface area contributed by atoms with E-state index >= 15 is 0 Å². The van der Waals surface area contributed by atoms with Crippen molar-refractivity contribution in [2.24, 2.45) is 0 Å². The molecule has 47 heavy (non-hydrogen) atoms. The van der Waals surface area contributed by atoms with E-state index in [-0.39, 0.29) is 49.8 Å². The molecule has 0 N–H and O–H groups in total. The van der Waals surface area contributed by atoms with Gasteiger partial charge in [-0.05, 0) is 103 Å². The molecule has 0 spiro atoms. The molecule has 1 saturated heterocycles. The minimum absolute atomic E-state index is 0.0465. The minimum Gasteiger partial charge on any atom is -0.485 e. The molecule has 2 atom stereocenters. The lowest BCUT2D eigenvalue weighted by atomic mass is 9.91. The zero-order valence-electron chi connectivity index (χ0n) is 28.6. The Balaban J connectivity index is 1.45. The van der Waals surface area contributed by atoms with Gasteiger partial charge in [-0.25, -0.2) is 22.0 Å². The average molecular weight is 683 g/mol. The number of halogens is 2. The highest BCUT2D eigenvalue weighted by molar-refractivity contribution is 7.89. The highest BCUT2D eigenvalue weighted by Gasteiger charge is 2.43. The van der Waals surface area contributed by atoms with Crippen LogP contribution < -0.4 is 4.74 Å². The molecule has 1 saturated carbocycles. The van der Waals surface area contributed by atoms with Gasteiger partial charge in [-0.3, -0.25) is 4.79 Å². The number of esters is 1. The molecule has 12 heteroatoms. The van der Waals surface area contributed by atoms with Crippen LogP contribution in [0.2, 0.25) is 0 Å². The highest BCUT2D eigenvalue weighted by Crippen LogP contribution is 2.39. The van der Waals surface area contributed by atoms with Gasteiger partial charge in [0.1, 0.15) is 28.4 Å². The van der Waals surface area contributed by atoms with Crippen molar-refractivity contribution in [3.05, 3.63) is 35.4 Å². The van der Waals surface area contributed by atoms with E-state index in [0.717, 1.165) is 24.0 Å². The van der Waals surface area contributed by atoms with E-state index in [1.807, 2.05) is 26.0 Å². The van der Waals surface area contributed by atoms with Gasteiger partial charge >= 0.3 is 12.1 Å². The van der Waals surface area contributed by atoms with Crippen LogP contribution in [0.1, 0.15) is 109 Å². The fourth-order valence-corrected chi connectivity index (χ4v) is 8.28. The van der Waals surface area contributed by atoms with Gasteiger partial charge in [0.15, 0.2) is 0 Å². The standard InChI is InChI=1S/C35H52F2N2O7S/c1-6-7-24-44-32(40)29-15-11-23-39(29)47(42,43)30-17-16-25(2)28-14-10-13-27(45-31(28)30)12-8-9-22-38(33(41)46-34(3,4)5)26-18-20-35(36,37)21-19-26/h10,13,16-17,26-27,29H,6-9,11-12,14-15,18-24H2,1-5H3/t27?,29-/m0/s1. The van der Waals surface area contributed by atoms with Crippen molar-refractivity contribution in [2.45, 2.75) is 146 Å². The summed E-state index contributed by atoms with van der Waals surface area (Å²) in [6.07, 6.45) is 7.84. The third-order valence-electron chi connectivity index (χ3n) is 9.10. The lowest BCUT2D eigenvalue weighted by Crippen LogP contribution is -2.46. The first-order valence-electron chi connectivity index (χ1n) is 17.1. The number of hydrogen-bond donors (Lipinski definition) is 0. The zero-order valence-corrected chi connectivity index (χ0v) is 29.4. The van der Waals surface area contributed by atoms with Gasteiger partial charge < -0.3 is 19.1 Å². The summed E-state index contributed by atoms with van der Waals surface area (Å²) in [6, 6.07) is 2.17. The number of nitrogens with zero attached hydrogens (tertiary/aromatic N) is 2. The molecule has 1 amide bonds. The number of alkyl halides is 2. The molecule has 2 heterocycles. The van der Waals surface area contributed by atoms with Crippen LogP contribution in [0.4, 0.5) is 13.6 Å². The van der Waals surface area contributed by atoms with E-state index in [1.165, 1.54) is 4.31 Å². The molecule has 3 aliphatic rings. The highest BCUT2D eigenvalue weighted by atomic mass is 32.2. The summed E-state index contributed by atoms with van der Waals surface area (Å²) in [4.78, 5) is 27.6. The second kappa shape index (κ2) is 15.7. The first-order valence-corrected chi connectivity index (χ1v) is 18.6. The summed E-state index contributed by atoms with van der Waals surface area (Å²) >= 11 is 0. The predicted molar refractivity (Wildman–Crippen MR) is 175 cm³/mol. The summed E-state index contributed by atoms with van der Waals surface area (Å²) in [5, 5.41) is 0. The smallest absolute Gasteiger partial charge is 0.410 e. The molecule has 2 fully saturated rings. The first-order chi connectivity index (χ1) is 22.1. The molecular formula is C35H52F2N2O7S. The van der Waals surface area contributed by atoms with Crippen LogP contribution in [-0.2, 0) is 30.7 Å². The molecule has 0 radical (unpaired) electrons. The molecule has 1 aromatic rings. The fourth-order valence-electron chi connectivity index (χ4n) is 6.49. The average Bonchev–Trinajstić information content (AvgIpc) is 3.39. The number of allylic oxidation sites excluding steroid dienone is 1. The topological polar surface area (TPSA) is 102 Å². The fraction of sp³-hybridized carbons (Fsp3) is 0.714. The van der Waals surface area contributed by atoms with E-state index in [2.05, 4.69) is 0 Å². The Bertz CT molecular complexity index is 1380. The lowest BCUT2D eigenvalue weighted by molar-refractivity contribution is -0.147. The van der Waals surface area contributed by atoms with Crippen molar-refractivity contribution in [3.8, 4) is 5.75 Å². The minimum atomic E-state index is -4.07. The van der Waals surface area contributed by atoms with Crippen molar-refractivity contribution >= 4 is 22.1 Å². The number of fused-ring (bicyclic) bond motifs is 1. The maximum absolute atomic E-state index is 14.1. The summed E-state index contributed by atoms with van der Waals surface area (Å²) in [5.41, 5.74) is 0.990. The number of amides is 1. The van der Waals surface area contributed by atoms with E-state index < -0.39 is 45.8 Å². The Hall–Kier alpha value is -2.73. The number of unbranched alkanes of at least 4 members (excludes halogenated alkanes) is 2. The maximum atomic E-state index is 14.1. The van der Waals surface area contributed by atoms with Crippen molar-refractivity contribution < 1.29 is 41.0 Å². The predicted octanol–water partition coefficient (Wildman–Crippen LogP) is 7.34. The van der Waals surface area contributed by atoms with Crippen LogP contribution in [0.5, 0.6) is 5.75 Å². The van der Waals surface area contributed by atoms with Crippen LogP contribution in [-0.4, -0.2) is 79.1 Å². The first kappa shape index (κ1) is 37.1.